The third-order valence-electron chi connectivity index (χ3n) is 1.38. The third kappa shape index (κ3) is 13.8. The molecular formula is C14H26F3I. The van der Waals surface area contributed by atoms with Crippen LogP contribution in [0.25, 0.3) is 0 Å². The summed E-state index contributed by atoms with van der Waals surface area (Å²) in [7, 11) is 0. The van der Waals surface area contributed by atoms with Gasteiger partial charge in [0.25, 0.3) is 0 Å². The van der Waals surface area contributed by atoms with Crippen LogP contribution in [0.15, 0.2) is 24.3 Å². The predicted octanol–water partition coefficient (Wildman–Crippen LogP) is 6.71. The highest BCUT2D eigenvalue weighted by Gasteiger charge is 2.29. The second kappa shape index (κ2) is 16.7. The number of rotatable bonds is 0. The zero-order chi connectivity index (χ0) is 14.5. The average molecular weight is 378 g/mol. The second-order valence-electron chi connectivity index (χ2n) is 2.36. The second-order valence-corrected chi connectivity index (χ2v) is 2.36. The fourth-order valence-corrected chi connectivity index (χ4v) is 0.743. The molecule has 1 aromatic rings. The van der Waals surface area contributed by atoms with Gasteiger partial charge in [0.2, 0.25) is 0 Å². The summed E-state index contributed by atoms with van der Waals surface area (Å²) in [6.07, 6.45) is -4.21. The van der Waals surface area contributed by atoms with E-state index < -0.39 is 11.7 Å². The number of aryl methyl sites for hydroxylation is 1. The Balaban J connectivity index is -0.000000123. The smallest absolute Gasteiger partial charge is 0.166 e. The lowest BCUT2D eigenvalue weighted by Crippen LogP contribution is -2.03. The molecule has 0 N–H and O–H groups in total. The van der Waals surface area contributed by atoms with Gasteiger partial charge in [0.05, 0.1) is 5.56 Å². The standard InChI is InChI=1S/C8H7F3.3C2H6.HI/c1-6-2-4-7(5-3-6)8(9,10)11;3*1-2;/h2-5H,1H3;3*1-2H3;1H. The molecule has 110 valence electrons. The van der Waals surface area contributed by atoms with Crippen LogP contribution in [0.4, 0.5) is 13.2 Å². The Morgan fingerprint density at radius 3 is 1.22 bits per heavy atom. The molecule has 0 amide bonds. The molecule has 0 saturated carbocycles. The normalized spacial score (nSPS) is 8.11. The lowest BCUT2D eigenvalue weighted by molar-refractivity contribution is -0.137. The van der Waals surface area contributed by atoms with E-state index in [-0.39, 0.29) is 24.0 Å². The van der Waals surface area contributed by atoms with Gasteiger partial charge in [0, 0.05) is 0 Å². The summed E-state index contributed by atoms with van der Waals surface area (Å²) in [4.78, 5) is 0. The van der Waals surface area contributed by atoms with Crippen LogP contribution in [-0.2, 0) is 6.18 Å². The number of halogens is 4. The highest BCUT2D eigenvalue weighted by molar-refractivity contribution is 14.0. The van der Waals surface area contributed by atoms with E-state index in [1.807, 2.05) is 41.5 Å². The van der Waals surface area contributed by atoms with Crippen molar-refractivity contribution < 1.29 is 13.2 Å². The van der Waals surface area contributed by atoms with Crippen LogP contribution in [0, 0.1) is 6.92 Å². The number of alkyl halides is 3. The van der Waals surface area contributed by atoms with E-state index in [9.17, 15) is 13.2 Å². The minimum absolute atomic E-state index is 0. The van der Waals surface area contributed by atoms with Crippen molar-refractivity contribution in [2.24, 2.45) is 0 Å². The summed E-state index contributed by atoms with van der Waals surface area (Å²) < 4.78 is 35.8. The van der Waals surface area contributed by atoms with Gasteiger partial charge in [-0.15, -0.1) is 24.0 Å². The highest BCUT2D eigenvalue weighted by Crippen LogP contribution is 2.28. The molecule has 1 rings (SSSR count). The summed E-state index contributed by atoms with van der Waals surface area (Å²) in [5.41, 5.74) is 0.237. The van der Waals surface area contributed by atoms with Gasteiger partial charge in [-0.05, 0) is 19.1 Å². The molecule has 0 atom stereocenters. The maximum absolute atomic E-state index is 11.9. The van der Waals surface area contributed by atoms with Gasteiger partial charge in [-0.1, -0.05) is 59.2 Å². The quantitative estimate of drug-likeness (QED) is 0.440. The van der Waals surface area contributed by atoms with Crippen LogP contribution < -0.4 is 0 Å². The predicted molar refractivity (Wildman–Crippen MR) is 85.6 cm³/mol. The van der Waals surface area contributed by atoms with Gasteiger partial charge in [0.1, 0.15) is 0 Å². The van der Waals surface area contributed by atoms with E-state index in [1.165, 1.54) is 12.1 Å². The zero-order valence-electron chi connectivity index (χ0n) is 12.4. The molecule has 0 aliphatic heterocycles. The van der Waals surface area contributed by atoms with Crippen molar-refractivity contribution >= 4 is 24.0 Å². The highest BCUT2D eigenvalue weighted by atomic mass is 127. The molecule has 4 heteroatoms. The summed E-state index contributed by atoms with van der Waals surface area (Å²) >= 11 is 0. The molecule has 0 radical (unpaired) electrons. The molecule has 18 heavy (non-hydrogen) atoms. The van der Waals surface area contributed by atoms with Gasteiger partial charge in [-0.25, -0.2) is 0 Å². The van der Waals surface area contributed by atoms with E-state index in [0.717, 1.165) is 17.7 Å². The Kier molecular flexibility index (Phi) is 24.5. The Morgan fingerprint density at radius 1 is 0.722 bits per heavy atom. The maximum Gasteiger partial charge on any atom is 0.416 e. The molecule has 1 aromatic carbocycles. The number of hydrogen-bond acceptors (Lipinski definition) is 0. The minimum Gasteiger partial charge on any atom is -0.166 e. The molecule has 0 heterocycles. The van der Waals surface area contributed by atoms with Crippen LogP contribution >= 0.6 is 24.0 Å². The fraction of sp³-hybridized carbons (Fsp3) is 0.571. The van der Waals surface area contributed by atoms with Crippen molar-refractivity contribution in [1.82, 2.24) is 0 Å². The fourth-order valence-electron chi connectivity index (χ4n) is 0.743. The van der Waals surface area contributed by atoms with Crippen molar-refractivity contribution in [3.63, 3.8) is 0 Å². The summed E-state index contributed by atoms with van der Waals surface area (Å²) in [6, 6.07) is 5.05. The van der Waals surface area contributed by atoms with Gasteiger partial charge in [-0.2, -0.15) is 13.2 Å². The van der Waals surface area contributed by atoms with Crippen molar-refractivity contribution in [3.8, 4) is 0 Å². The Hall–Kier alpha value is -0.260. The SMILES string of the molecule is CC.CC.CC.Cc1ccc(C(F)(F)F)cc1.I. The first kappa shape index (κ1) is 26.3. The third-order valence-corrected chi connectivity index (χ3v) is 1.38. The lowest BCUT2D eigenvalue weighted by atomic mass is 10.1. The molecule has 0 unspecified atom stereocenters. The van der Waals surface area contributed by atoms with Crippen LogP contribution in [0.2, 0.25) is 0 Å². The summed E-state index contributed by atoms with van der Waals surface area (Å²) in [5.74, 6) is 0. The van der Waals surface area contributed by atoms with E-state index >= 15 is 0 Å². The Morgan fingerprint density at radius 2 is 1.00 bits per heavy atom. The Bertz CT molecular complexity index is 240. The molecule has 0 spiro atoms. The first-order valence-corrected chi connectivity index (χ1v) is 6.14. The van der Waals surface area contributed by atoms with E-state index in [0.29, 0.717) is 0 Å². The van der Waals surface area contributed by atoms with Gasteiger partial charge in [-0.3, -0.25) is 0 Å². The molecule has 0 aromatic heterocycles. The summed E-state index contributed by atoms with van der Waals surface area (Å²) in [6.45, 7) is 13.8. The molecular weight excluding hydrogens is 352 g/mol. The Labute approximate surface area is 127 Å². The molecule has 0 fully saturated rings. The topological polar surface area (TPSA) is 0 Å². The van der Waals surface area contributed by atoms with Crippen molar-refractivity contribution in [2.45, 2.75) is 54.6 Å². The summed E-state index contributed by atoms with van der Waals surface area (Å²) in [5, 5.41) is 0. The minimum atomic E-state index is -4.21. The van der Waals surface area contributed by atoms with E-state index in [1.54, 1.807) is 6.92 Å². The molecule has 0 aliphatic carbocycles. The van der Waals surface area contributed by atoms with Gasteiger partial charge in [0.15, 0.2) is 0 Å². The first-order valence-electron chi connectivity index (χ1n) is 6.14. The number of hydrogen-bond donors (Lipinski definition) is 0. The lowest BCUT2D eigenvalue weighted by Gasteiger charge is -2.05. The maximum atomic E-state index is 11.9. The molecule has 0 saturated heterocycles. The monoisotopic (exact) mass is 378 g/mol. The van der Waals surface area contributed by atoms with Crippen LogP contribution in [0.5, 0.6) is 0 Å². The largest absolute Gasteiger partial charge is 0.416 e. The van der Waals surface area contributed by atoms with Crippen LogP contribution in [0.3, 0.4) is 0 Å². The van der Waals surface area contributed by atoms with Crippen molar-refractivity contribution in [1.29, 1.82) is 0 Å². The van der Waals surface area contributed by atoms with Gasteiger partial charge < -0.3 is 0 Å². The van der Waals surface area contributed by atoms with Crippen LogP contribution in [0.1, 0.15) is 52.7 Å². The first-order chi connectivity index (χ1) is 8.00. The molecule has 0 aliphatic rings. The van der Waals surface area contributed by atoms with E-state index in [4.69, 9.17) is 0 Å². The van der Waals surface area contributed by atoms with Crippen molar-refractivity contribution in [2.75, 3.05) is 0 Å². The zero-order valence-corrected chi connectivity index (χ0v) is 14.7. The van der Waals surface area contributed by atoms with Gasteiger partial charge >= 0.3 is 6.18 Å². The molecule has 0 nitrogen and oxygen atoms in total. The number of benzene rings is 1. The van der Waals surface area contributed by atoms with E-state index in [2.05, 4.69) is 0 Å². The van der Waals surface area contributed by atoms with Crippen LogP contribution in [-0.4, -0.2) is 0 Å². The molecule has 0 bridgehead atoms. The average Bonchev–Trinajstić information content (AvgIpc) is 2.36. The van der Waals surface area contributed by atoms with Crippen molar-refractivity contribution in [3.05, 3.63) is 35.4 Å².